The molecule has 1 saturated heterocycles. The van der Waals surface area contributed by atoms with Crippen molar-refractivity contribution in [3.63, 3.8) is 0 Å². The molecule has 6 heteroatoms. The van der Waals surface area contributed by atoms with Gasteiger partial charge in [-0.2, -0.15) is 0 Å². The minimum atomic E-state index is -0.603. The molecule has 2 aliphatic rings. The molecule has 1 unspecified atom stereocenters. The van der Waals surface area contributed by atoms with Crippen molar-refractivity contribution in [1.29, 1.82) is 0 Å². The van der Waals surface area contributed by atoms with Gasteiger partial charge in [0.1, 0.15) is 11.8 Å². The Kier molecular flexibility index (Phi) is 3.95. The van der Waals surface area contributed by atoms with E-state index in [1.165, 1.54) is 7.11 Å². The topological polar surface area (TPSA) is 66.9 Å². The molecule has 6 nitrogen and oxygen atoms in total. The number of anilines is 1. The average Bonchev–Trinajstić information content (AvgIpc) is 3.14. The lowest BCUT2D eigenvalue weighted by Gasteiger charge is -2.25. The lowest BCUT2D eigenvalue weighted by atomic mass is 10.1. The highest BCUT2D eigenvalue weighted by molar-refractivity contribution is 6.26. The Labute approximate surface area is 151 Å². The maximum Gasteiger partial charge on any atom is 0.268 e. The number of fused-ring (bicyclic) bond motifs is 2. The SMILES string of the molecule is COc1ccccc1C(=O)N1C(=O)C2CCCN2C(=O)c2ccccc21. The molecule has 0 N–H and O–H groups in total. The number of imide groups is 1. The van der Waals surface area contributed by atoms with Crippen LogP contribution in [0.4, 0.5) is 5.69 Å². The van der Waals surface area contributed by atoms with Gasteiger partial charge in [0, 0.05) is 6.54 Å². The molecule has 4 rings (SSSR count). The standard InChI is InChI=1S/C20H18N2O4/c1-26-17-11-5-3-8-14(17)19(24)22-15-9-4-2-7-13(15)18(23)21-12-6-10-16(21)20(22)25/h2-5,7-9,11,16H,6,10,12H2,1H3. The van der Waals surface area contributed by atoms with Crippen LogP contribution in [0.25, 0.3) is 0 Å². The molecule has 0 radical (unpaired) electrons. The Bertz CT molecular complexity index is 908. The molecule has 0 spiro atoms. The summed E-state index contributed by atoms with van der Waals surface area (Å²) < 4.78 is 5.28. The molecule has 2 aromatic rings. The van der Waals surface area contributed by atoms with E-state index in [0.717, 1.165) is 11.3 Å². The predicted molar refractivity (Wildman–Crippen MR) is 95.3 cm³/mol. The Morgan fingerprint density at radius 1 is 1.08 bits per heavy atom. The van der Waals surface area contributed by atoms with Gasteiger partial charge in [0.05, 0.1) is 23.9 Å². The number of methoxy groups -OCH3 is 1. The highest BCUT2D eigenvalue weighted by Crippen LogP contribution is 2.34. The van der Waals surface area contributed by atoms with Gasteiger partial charge in [-0.1, -0.05) is 24.3 Å². The van der Waals surface area contributed by atoms with Crippen LogP contribution in [0, 0.1) is 0 Å². The molecule has 2 aromatic carbocycles. The van der Waals surface area contributed by atoms with Gasteiger partial charge in [-0.15, -0.1) is 0 Å². The molecule has 0 saturated carbocycles. The van der Waals surface area contributed by atoms with Crippen molar-refractivity contribution in [1.82, 2.24) is 4.90 Å². The zero-order chi connectivity index (χ0) is 18.3. The number of benzene rings is 2. The van der Waals surface area contributed by atoms with Crippen LogP contribution in [0.5, 0.6) is 5.75 Å². The molecular weight excluding hydrogens is 332 g/mol. The first-order valence-electron chi connectivity index (χ1n) is 8.55. The Hall–Kier alpha value is -3.15. The Morgan fingerprint density at radius 3 is 2.62 bits per heavy atom. The first kappa shape index (κ1) is 16.3. The van der Waals surface area contributed by atoms with Crippen molar-refractivity contribution in [3.05, 3.63) is 59.7 Å². The Balaban J connectivity index is 1.88. The van der Waals surface area contributed by atoms with Crippen LogP contribution >= 0.6 is 0 Å². The van der Waals surface area contributed by atoms with Crippen LogP contribution in [-0.2, 0) is 4.79 Å². The van der Waals surface area contributed by atoms with E-state index >= 15 is 0 Å². The number of amides is 3. The minimum absolute atomic E-state index is 0.202. The van der Waals surface area contributed by atoms with Crippen LogP contribution in [-0.4, -0.2) is 42.3 Å². The van der Waals surface area contributed by atoms with E-state index in [2.05, 4.69) is 0 Å². The number of nitrogens with zero attached hydrogens (tertiary/aromatic N) is 2. The van der Waals surface area contributed by atoms with E-state index in [4.69, 9.17) is 4.74 Å². The van der Waals surface area contributed by atoms with Gasteiger partial charge in [-0.25, -0.2) is 4.90 Å². The minimum Gasteiger partial charge on any atom is -0.496 e. The van der Waals surface area contributed by atoms with Crippen LogP contribution in [0.2, 0.25) is 0 Å². The highest BCUT2D eigenvalue weighted by atomic mass is 16.5. The number of para-hydroxylation sites is 2. The van der Waals surface area contributed by atoms with Crippen molar-refractivity contribution in [2.75, 3.05) is 18.6 Å². The van der Waals surface area contributed by atoms with Gasteiger partial charge >= 0.3 is 0 Å². The summed E-state index contributed by atoms with van der Waals surface area (Å²) in [5, 5.41) is 0. The molecular formula is C20H18N2O4. The quantitative estimate of drug-likeness (QED) is 0.781. The largest absolute Gasteiger partial charge is 0.496 e. The third-order valence-corrected chi connectivity index (χ3v) is 4.93. The fraction of sp³-hybridized carbons (Fsp3) is 0.250. The third-order valence-electron chi connectivity index (χ3n) is 4.93. The zero-order valence-electron chi connectivity index (χ0n) is 14.3. The molecule has 3 amide bonds. The summed E-state index contributed by atoms with van der Waals surface area (Å²) in [6.07, 6.45) is 1.31. The summed E-state index contributed by atoms with van der Waals surface area (Å²) in [7, 11) is 1.48. The number of ether oxygens (including phenoxy) is 1. The normalized spacial score (nSPS) is 19.0. The van der Waals surface area contributed by atoms with Crippen LogP contribution in [0.1, 0.15) is 33.6 Å². The smallest absolute Gasteiger partial charge is 0.268 e. The number of rotatable bonds is 2. The summed E-state index contributed by atoms with van der Waals surface area (Å²) in [5.41, 5.74) is 0.985. The highest BCUT2D eigenvalue weighted by Gasteiger charge is 2.44. The van der Waals surface area contributed by atoms with Crippen molar-refractivity contribution in [2.45, 2.75) is 18.9 Å². The second-order valence-electron chi connectivity index (χ2n) is 6.35. The van der Waals surface area contributed by atoms with Crippen molar-refractivity contribution >= 4 is 23.4 Å². The summed E-state index contributed by atoms with van der Waals surface area (Å²) in [4.78, 5) is 42.1. The average molecular weight is 350 g/mol. The van der Waals surface area contributed by atoms with Gasteiger partial charge in [0.15, 0.2) is 0 Å². The van der Waals surface area contributed by atoms with Gasteiger partial charge in [-0.05, 0) is 37.1 Å². The lowest BCUT2D eigenvalue weighted by molar-refractivity contribution is -0.121. The van der Waals surface area contributed by atoms with Crippen LogP contribution in [0.3, 0.4) is 0 Å². The van der Waals surface area contributed by atoms with E-state index in [9.17, 15) is 14.4 Å². The summed E-state index contributed by atoms with van der Waals surface area (Å²) in [6.45, 7) is 0.528. The first-order valence-corrected chi connectivity index (χ1v) is 8.55. The van der Waals surface area contributed by atoms with Gasteiger partial charge in [-0.3, -0.25) is 14.4 Å². The molecule has 2 heterocycles. The lowest BCUT2D eigenvalue weighted by Crippen LogP contribution is -2.47. The van der Waals surface area contributed by atoms with E-state index in [1.54, 1.807) is 53.4 Å². The molecule has 1 atom stereocenters. The number of hydrogen-bond acceptors (Lipinski definition) is 4. The first-order chi connectivity index (χ1) is 12.6. The van der Waals surface area contributed by atoms with Gasteiger partial charge in [0.25, 0.3) is 17.7 Å². The van der Waals surface area contributed by atoms with Crippen molar-refractivity contribution in [3.8, 4) is 5.75 Å². The zero-order valence-corrected chi connectivity index (χ0v) is 14.3. The van der Waals surface area contributed by atoms with E-state index in [1.807, 2.05) is 0 Å². The molecule has 26 heavy (non-hydrogen) atoms. The third kappa shape index (κ3) is 2.37. The van der Waals surface area contributed by atoms with Crippen molar-refractivity contribution in [2.24, 2.45) is 0 Å². The summed E-state index contributed by atoms with van der Waals surface area (Å²) in [6, 6.07) is 12.9. The van der Waals surface area contributed by atoms with Crippen LogP contribution < -0.4 is 9.64 Å². The second-order valence-corrected chi connectivity index (χ2v) is 6.35. The molecule has 2 aliphatic heterocycles. The fourth-order valence-corrected chi connectivity index (χ4v) is 3.69. The molecule has 132 valence electrons. The molecule has 1 fully saturated rings. The van der Waals surface area contributed by atoms with E-state index in [0.29, 0.717) is 30.0 Å². The summed E-state index contributed by atoms with van der Waals surface area (Å²) in [5.74, 6) is -0.661. The number of hydrogen-bond donors (Lipinski definition) is 0. The number of carbonyl (C=O) groups is 3. The number of carbonyl (C=O) groups excluding carboxylic acids is 3. The maximum absolute atomic E-state index is 13.3. The monoisotopic (exact) mass is 350 g/mol. The van der Waals surface area contributed by atoms with E-state index < -0.39 is 11.9 Å². The molecule has 0 aliphatic carbocycles. The Morgan fingerprint density at radius 2 is 1.81 bits per heavy atom. The van der Waals surface area contributed by atoms with Crippen molar-refractivity contribution < 1.29 is 19.1 Å². The molecule has 0 bridgehead atoms. The van der Waals surface area contributed by atoms with Gasteiger partial charge in [0.2, 0.25) is 0 Å². The molecule has 0 aromatic heterocycles. The second kappa shape index (κ2) is 6.29. The fourth-order valence-electron chi connectivity index (χ4n) is 3.69. The maximum atomic E-state index is 13.3. The summed E-state index contributed by atoms with van der Waals surface area (Å²) >= 11 is 0. The van der Waals surface area contributed by atoms with E-state index in [-0.39, 0.29) is 17.4 Å². The predicted octanol–water partition coefficient (Wildman–Crippen LogP) is 2.49. The van der Waals surface area contributed by atoms with Crippen LogP contribution in [0.15, 0.2) is 48.5 Å². The van der Waals surface area contributed by atoms with Gasteiger partial charge < -0.3 is 9.64 Å².